The van der Waals surface area contributed by atoms with Crippen molar-refractivity contribution in [1.29, 1.82) is 0 Å². The Morgan fingerprint density at radius 3 is 2.73 bits per heavy atom. The average Bonchev–Trinajstić information content (AvgIpc) is 2.21. The van der Waals surface area contributed by atoms with Gasteiger partial charge in [-0.1, -0.05) is 17.7 Å². The van der Waals surface area contributed by atoms with Gasteiger partial charge in [-0.15, -0.1) is 0 Å². The van der Waals surface area contributed by atoms with E-state index in [0.29, 0.717) is 11.6 Å². The maximum absolute atomic E-state index is 13.2. The van der Waals surface area contributed by atoms with Crippen molar-refractivity contribution in [1.82, 2.24) is 0 Å². The molecule has 0 amide bonds. The first-order chi connectivity index (χ1) is 7.25. The van der Waals surface area contributed by atoms with Gasteiger partial charge in [0, 0.05) is 0 Å². The lowest BCUT2D eigenvalue weighted by atomic mass is 10.2. The van der Waals surface area contributed by atoms with Crippen LogP contribution in [0.2, 0.25) is 5.02 Å². The number of benzene rings is 1. The zero-order chi connectivity index (χ0) is 11.1. The van der Waals surface area contributed by atoms with Crippen LogP contribution in [0.5, 0.6) is 5.75 Å². The summed E-state index contributed by atoms with van der Waals surface area (Å²) in [5.74, 6) is 0.627. The van der Waals surface area contributed by atoms with Crippen LogP contribution in [-0.4, -0.2) is 12.4 Å². The molecule has 0 aliphatic rings. The van der Waals surface area contributed by atoms with Crippen LogP contribution in [0.15, 0.2) is 18.2 Å². The van der Waals surface area contributed by atoms with Crippen molar-refractivity contribution in [3.63, 3.8) is 0 Å². The molecule has 1 aromatic rings. The maximum Gasteiger partial charge on any atom is 0.173 e. The molecule has 1 rings (SSSR count). The van der Waals surface area contributed by atoms with E-state index in [2.05, 4.69) is 12.6 Å². The molecular weight excluding hydrogens is 235 g/mol. The summed E-state index contributed by atoms with van der Waals surface area (Å²) in [6.07, 6.45) is 2.98. The molecule has 84 valence electrons. The van der Waals surface area contributed by atoms with Crippen molar-refractivity contribution >= 4 is 24.2 Å². The summed E-state index contributed by atoms with van der Waals surface area (Å²) >= 11 is 9.90. The van der Waals surface area contributed by atoms with Crippen molar-refractivity contribution in [2.75, 3.05) is 12.4 Å². The average molecular weight is 249 g/mol. The molecule has 0 heterocycles. The van der Waals surface area contributed by atoms with Crippen molar-refractivity contribution < 1.29 is 9.13 Å². The third kappa shape index (κ3) is 4.31. The second-order valence-corrected chi connectivity index (χ2v) is 4.04. The molecule has 0 atom stereocenters. The van der Waals surface area contributed by atoms with E-state index in [0.717, 1.165) is 25.0 Å². The quantitative estimate of drug-likeness (QED) is 0.592. The third-order valence-electron chi connectivity index (χ3n) is 1.97. The molecule has 0 saturated heterocycles. The van der Waals surface area contributed by atoms with Crippen molar-refractivity contribution in [3.8, 4) is 5.75 Å². The minimum atomic E-state index is -0.406. The van der Waals surface area contributed by atoms with E-state index < -0.39 is 5.82 Å². The Kier molecular flexibility index (Phi) is 5.88. The molecule has 15 heavy (non-hydrogen) atoms. The number of hydrogen-bond acceptors (Lipinski definition) is 2. The monoisotopic (exact) mass is 248 g/mol. The minimum Gasteiger partial charge on any atom is -0.489 e. The largest absolute Gasteiger partial charge is 0.489 e. The molecule has 0 fully saturated rings. The molecule has 4 heteroatoms. The zero-order valence-corrected chi connectivity index (χ0v) is 10.0. The van der Waals surface area contributed by atoms with Gasteiger partial charge in [0.1, 0.15) is 0 Å². The van der Waals surface area contributed by atoms with E-state index in [1.807, 2.05) is 0 Å². The molecule has 0 radical (unpaired) electrons. The smallest absolute Gasteiger partial charge is 0.173 e. The number of rotatable bonds is 6. The standard InChI is InChI=1S/C11H14ClFOS/c12-9-5-4-6-10(13)11(9)14-7-2-1-3-8-15/h4-6,15H,1-3,7-8H2. The van der Waals surface area contributed by atoms with Crippen LogP contribution in [0.1, 0.15) is 19.3 Å². The summed E-state index contributed by atoms with van der Waals surface area (Å²) < 4.78 is 18.5. The van der Waals surface area contributed by atoms with E-state index in [1.54, 1.807) is 12.1 Å². The molecule has 0 aliphatic heterocycles. The SMILES string of the molecule is Fc1cccc(Cl)c1OCCCCCS. The first kappa shape index (κ1) is 12.7. The van der Waals surface area contributed by atoms with E-state index in [9.17, 15) is 4.39 Å². The molecule has 0 aliphatic carbocycles. The van der Waals surface area contributed by atoms with Crippen molar-refractivity contribution in [2.45, 2.75) is 19.3 Å². The van der Waals surface area contributed by atoms with Crippen molar-refractivity contribution in [2.24, 2.45) is 0 Å². The number of halogens is 2. The molecular formula is C11H14ClFOS. The molecule has 0 spiro atoms. The third-order valence-corrected chi connectivity index (χ3v) is 2.58. The van der Waals surface area contributed by atoms with Gasteiger partial charge in [0.15, 0.2) is 11.6 Å². The highest BCUT2D eigenvalue weighted by Gasteiger charge is 2.06. The first-order valence-electron chi connectivity index (χ1n) is 4.93. The van der Waals surface area contributed by atoms with Gasteiger partial charge in [0.25, 0.3) is 0 Å². The summed E-state index contributed by atoms with van der Waals surface area (Å²) in [6.45, 7) is 0.494. The Morgan fingerprint density at radius 2 is 2.07 bits per heavy atom. The molecule has 1 nitrogen and oxygen atoms in total. The Balaban J connectivity index is 2.37. The van der Waals surface area contributed by atoms with Gasteiger partial charge in [0.2, 0.25) is 0 Å². The van der Waals surface area contributed by atoms with Crippen LogP contribution in [0, 0.1) is 5.82 Å². The van der Waals surface area contributed by atoms with E-state index in [-0.39, 0.29) is 5.75 Å². The summed E-state index contributed by atoms with van der Waals surface area (Å²) in [5, 5.41) is 0.323. The Labute approximate surface area is 100.0 Å². The van der Waals surface area contributed by atoms with Crippen LogP contribution in [0.3, 0.4) is 0 Å². The van der Waals surface area contributed by atoms with Gasteiger partial charge in [-0.2, -0.15) is 12.6 Å². The molecule has 0 bridgehead atoms. The van der Waals surface area contributed by atoms with E-state index >= 15 is 0 Å². The number of para-hydroxylation sites is 1. The minimum absolute atomic E-state index is 0.157. The lowest BCUT2D eigenvalue weighted by molar-refractivity contribution is 0.292. The predicted octanol–water partition coefficient (Wildman–Crippen LogP) is 3.96. The predicted molar refractivity (Wildman–Crippen MR) is 64.6 cm³/mol. The summed E-state index contributed by atoms with van der Waals surface area (Å²) in [7, 11) is 0. The number of ether oxygens (including phenoxy) is 1. The Hall–Kier alpha value is -0.410. The summed E-state index contributed by atoms with van der Waals surface area (Å²) in [4.78, 5) is 0. The number of unbranched alkanes of at least 4 members (excludes halogenated alkanes) is 2. The fourth-order valence-corrected chi connectivity index (χ4v) is 1.63. The first-order valence-corrected chi connectivity index (χ1v) is 5.94. The normalized spacial score (nSPS) is 10.3. The Morgan fingerprint density at radius 1 is 1.27 bits per heavy atom. The maximum atomic E-state index is 13.2. The van der Waals surface area contributed by atoms with E-state index in [4.69, 9.17) is 16.3 Å². The van der Waals surface area contributed by atoms with Gasteiger partial charge < -0.3 is 4.74 Å². The second kappa shape index (κ2) is 6.96. The summed E-state index contributed by atoms with van der Waals surface area (Å²) in [5.41, 5.74) is 0. The second-order valence-electron chi connectivity index (χ2n) is 3.18. The highest BCUT2D eigenvalue weighted by molar-refractivity contribution is 7.80. The van der Waals surface area contributed by atoms with Crippen molar-refractivity contribution in [3.05, 3.63) is 29.0 Å². The summed E-state index contributed by atoms with van der Waals surface area (Å²) in [6, 6.07) is 4.52. The fraction of sp³-hybridized carbons (Fsp3) is 0.455. The van der Waals surface area contributed by atoms with Gasteiger partial charge in [-0.05, 0) is 37.1 Å². The van der Waals surface area contributed by atoms with Gasteiger partial charge in [-0.25, -0.2) is 4.39 Å². The lowest BCUT2D eigenvalue weighted by Crippen LogP contribution is -2.00. The lowest BCUT2D eigenvalue weighted by Gasteiger charge is -2.08. The fourth-order valence-electron chi connectivity index (χ4n) is 1.19. The number of hydrogen-bond donors (Lipinski definition) is 1. The van der Waals surface area contributed by atoms with Crippen LogP contribution in [0.25, 0.3) is 0 Å². The highest BCUT2D eigenvalue weighted by Crippen LogP contribution is 2.27. The van der Waals surface area contributed by atoms with Gasteiger partial charge >= 0.3 is 0 Å². The molecule has 0 aromatic heterocycles. The zero-order valence-electron chi connectivity index (χ0n) is 8.38. The van der Waals surface area contributed by atoms with Crippen LogP contribution in [-0.2, 0) is 0 Å². The Bertz CT molecular complexity index is 286. The molecule has 0 saturated carbocycles. The van der Waals surface area contributed by atoms with Gasteiger partial charge in [-0.3, -0.25) is 0 Å². The topological polar surface area (TPSA) is 9.23 Å². The molecule has 0 unspecified atom stereocenters. The molecule has 0 N–H and O–H groups in total. The number of thiol groups is 1. The van der Waals surface area contributed by atoms with Crippen LogP contribution < -0.4 is 4.74 Å². The van der Waals surface area contributed by atoms with Gasteiger partial charge in [0.05, 0.1) is 11.6 Å². The van der Waals surface area contributed by atoms with E-state index in [1.165, 1.54) is 6.07 Å². The van der Waals surface area contributed by atoms with Crippen LogP contribution >= 0.6 is 24.2 Å². The van der Waals surface area contributed by atoms with Crippen LogP contribution in [0.4, 0.5) is 4.39 Å². The molecule has 1 aromatic carbocycles. The highest BCUT2D eigenvalue weighted by atomic mass is 35.5.